The number of hydrogen-bond acceptors (Lipinski definition) is 7. The monoisotopic (exact) mass is 614 g/mol. The molecule has 4 aromatic rings. The first-order valence-electron chi connectivity index (χ1n) is 13.5. The molecular weight excluding hydrogens is 588 g/mol. The lowest BCUT2D eigenvalue weighted by Gasteiger charge is -2.26. The molecule has 6 rings (SSSR count). The van der Waals surface area contributed by atoms with Gasteiger partial charge in [0, 0.05) is 23.2 Å². The predicted octanol–water partition coefficient (Wildman–Crippen LogP) is 5.42. The predicted molar refractivity (Wildman–Crippen MR) is 151 cm³/mol. The zero-order valence-electron chi connectivity index (χ0n) is 23.0. The summed E-state index contributed by atoms with van der Waals surface area (Å²) in [5.41, 5.74) is 5.34. The maximum Gasteiger partial charge on any atom is 0.398 e. The summed E-state index contributed by atoms with van der Waals surface area (Å²) in [7, 11) is 1.42. The number of ether oxygens (including phenoxy) is 2. The standard InChI is InChI=1S/C30H26F4N4O4S/c1-14-37-25-22(41-2)9-16(10-23(25)43-14)27(39)36-12-20(30(32,33)34)21-11-19-26(24(38-21)15-3-7-18(31)8-4-15)42-13-29(19,28(35)40)17-5-6-17/h3-4,7-11,17,20H,5-6,12-13H2,1-2H3,(H2,35,40)(H,36,39)/t20-,29-/m1/s1. The highest BCUT2D eigenvalue weighted by molar-refractivity contribution is 7.18. The number of fused-ring (bicyclic) bond motifs is 2. The number of primary amides is 1. The summed E-state index contributed by atoms with van der Waals surface area (Å²) in [6.45, 7) is 0.826. The van der Waals surface area contributed by atoms with Gasteiger partial charge in [0.15, 0.2) is 0 Å². The van der Waals surface area contributed by atoms with Gasteiger partial charge >= 0.3 is 6.18 Å². The van der Waals surface area contributed by atoms with E-state index >= 15 is 0 Å². The highest BCUT2D eigenvalue weighted by Crippen LogP contribution is 2.55. The number of nitrogens with one attached hydrogen (secondary N) is 1. The van der Waals surface area contributed by atoms with Crippen LogP contribution in [0.4, 0.5) is 17.6 Å². The minimum absolute atomic E-state index is 0.0348. The van der Waals surface area contributed by atoms with Crippen LogP contribution in [0.1, 0.15) is 45.4 Å². The molecule has 0 spiro atoms. The molecule has 0 saturated heterocycles. The molecule has 1 aliphatic carbocycles. The van der Waals surface area contributed by atoms with E-state index in [4.69, 9.17) is 15.2 Å². The Morgan fingerprint density at radius 2 is 1.91 bits per heavy atom. The molecule has 1 fully saturated rings. The van der Waals surface area contributed by atoms with Crippen molar-refractivity contribution in [3.05, 3.63) is 70.1 Å². The van der Waals surface area contributed by atoms with Crippen LogP contribution in [0, 0.1) is 18.7 Å². The van der Waals surface area contributed by atoms with Crippen LogP contribution in [0.25, 0.3) is 21.5 Å². The van der Waals surface area contributed by atoms with Crippen LogP contribution in [0.15, 0.2) is 42.5 Å². The number of thiazole rings is 1. The molecule has 0 bridgehead atoms. The van der Waals surface area contributed by atoms with Crippen LogP contribution >= 0.6 is 11.3 Å². The lowest BCUT2D eigenvalue weighted by molar-refractivity contribution is -0.149. The fourth-order valence-electron chi connectivity index (χ4n) is 5.68. The second-order valence-corrected chi connectivity index (χ2v) is 12.0. The second-order valence-electron chi connectivity index (χ2n) is 10.7. The molecule has 3 N–H and O–H groups in total. The van der Waals surface area contributed by atoms with E-state index in [9.17, 15) is 27.2 Å². The molecule has 43 heavy (non-hydrogen) atoms. The van der Waals surface area contributed by atoms with E-state index in [-0.39, 0.29) is 35.1 Å². The SMILES string of the molecule is COc1cc(C(=O)NC[C@H](c2cc3c(c(-c4ccc(F)cc4)n2)OC[C@@]3(C(N)=O)C2CC2)C(F)(F)F)cc2sc(C)nc12. The van der Waals surface area contributed by atoms with Crippen LogP contribution in [0.2, 0.25) is 0 Å². The molecular formula is C30H26F4N4O4S. The molecule has 1 saturated carbocycles. The fraction of sp³-hybridized carbons (Fsp3) is 0.333. The smallest absolute Gasteiger partial charge is 0.398 e. The molecule has 13 heteroatoms. The molecule has 0 radical (unpaired) electrons. The summed E-state index contributed by atoms with van der Waals surface area (Å²) in [4.78, 5) is 34.7. The second kappa shape index (κ2) is 10.5. The Morgan fingerprint density at radius 1 is 1.19 bits per heavy atom. The quantitative estimate of drug-likeness (QED) is 0.256. The van der Waals surface area contributed by atoms with Crippen molar-refractivity contribution < 1.29 is 36.6 Å². The van der Waals surface area contributed by atoms with Gasteiger partial charge in [-0.2, -0.15) is 13.2 Å². The van der Waals surface area contributed by atoms with Crippen molar-refractivity contribution in [1.29, 1.82) is 0 Å². The lowest BCUT2D eigenvalue weighted by Crippen LogP contribution is -2.45. The number of alkyl halides is 3. The molecule has 2 amide bonds. The number of carbonyl (C=O) groups is 2. The normalized spacial score (nSPS) is 18.7. The molecule has 3 heterocycles. The van der Waals surface area contributed by atoms with Crippen molar-refractivity contribution in [2.24, 2.45) is 11.7 Å². The Morgan fingerprint density at radius 3 is 2.53 bits per heavy atom. The fourth-order valence-corrected chi connectivity index (χ4v) is 6.56. The number of amides is 2. The number of hydrogen-bond donors (Lipinski definition) is 2. The van der Waals surface area contributed by atoms with Gasteiger partial charge in [-0.25, -0.2) is 14.4 Å². The molecule has 0 unspecified atom stereocenters. The van der Waals surface area contributed by atoms with Crippen LogP contribution in [0.5, 0.6) is 11.5 Å². The summed E-state index contributed by atoms with van der Waals surface area (Å²) in [5, 5.41) is 3.14. The van der Waals surface area contributed by atoms with E-state index in [0.29, 0.717) is 34.4 Å². The Labute approximate surface area is 247 Å². The molecule has 2 atom stereocenters. The minimum atomic E-state index is -4.83. The van der Waals surface area contributed by atoms with Crippen molar-refractivity contribution in [1.82, 2.24) is 15.3 Å². The average molecular weight is 615 g/mol. The summed E-state index contributed by atoms with van der Waals surface area (Å²) in [6.07, 6.45) is -3.50. The largest absolute Gasteiger partial charge is 0.494 e. The molecule has 2 aromatic carbocycles. The third kappa shape index (κ3) is 5.05. The first-order chi connectivity index (χ1) is 20.4. The van der Waals surface area contributed by atoms with Crippen molar-refractivity contribution in [3.8, 4) is 22.8 Å². The number of carbonyl (C=O) groups excluding carboxylic acids is 2. The van der Waals surface area contributed by atoms with Crippen LogP contribution in [0.3, 0.4) is 0 Å². The van der Waals surface area contributed by atoms with Crippen molar-refractivity contribution in [2.75, 3.05) is 20.3 Å². The molecule has 2 aromatic heterocycles. The Bertz CT molecular complexity index is 1750. The lowest BCUT2D eigenvalue weighted by atomic mass is 9.76. The van der Waals surface area contributed by atoms with Gasteiger partial charge in [-0.3, -0.25) is 9.59 Å². The third-order valence-electron chi connectivity index (χ3n) is 8.02. The molecule has 2 aliphatic rings. The minimum Gasteiger partial charge on any atom is -0.494 e. The summed E-state index contributed by atoms with van der Waals surface area (Å²) >= 11 is 1.33. The topological polar surface area (TPSA) is 116 Å². The van der Waals surface area contributed by atoms with E-state index in [1.807, 2.05) is 0 Å². The Hall–Kier alpha value is -4.26. The molecule has 224 valence electrons. The van der Waals surface area contributed by atoms with E-state index < -0.39 is 47.4 Å². The summed E-state index contributed by atoms with van der Waals surface area (Å²) < 4.78 is 69.6. The summed E-state index contributed by atoms with van der Waals surface area (Å²) in [5.74, 6) is -3.95. The maximum absolute atomic E-state index is 14.7. The zero-order valence-corrected chi connectivity index (χ0v) is 23.9. The van der Waals surface area contributed by atoms with E-state index in [1.54, 1.807) is 13.0 Å². The number of pyridine rings is 1. The van der Waals surface area contributed by atoms with E-state index in [2.05, 4.69) is 15.3 Å². The number of benzene rings is 2. The number of halogens is 4. The number of aryl methyl sites for hydroxylation is 1. The van der Waals surface area contributed by atoms with Crippen molar-refractivity contribution in [2.45, 2.75) is 37.3 Å². The molecule has 8 nitrogen and oxygen atoms in total. The van der Waals surface area contributed by atoms with Crippen molar-refractivity contribution >= 4 is 33.4 Å². The van der Waals surface area contributed by atoms with E-state index in [1.165, 1.54) is 42.7 Å². The van der Waals surface area contributed by atoms with Gasteiger partial charge in [0.1, 0.15) is 46.5 Å². The highest BCUT2D eigenvalue weighted by Gasteiger charge is 2.57. The Balaban J connectivity index is 1.41. The first-order valence-corrected chi connectivity index (χ1v) is 14.3. The number of rotatable bonds is 8. The number of methoxy groups -OCH3 is 1. The van der Waals surface area contributed by atoms with Crippen LogP contribution < -0.4 is 20.5 Å². The van der Waals surface area contributed by atoms with Gasteiger partial charge in [-0.15, -0.1) is 11.3 Å². The van der Waals surface area contributed by atoms with Gasteiger partial charge in [-0.05, 0) is 68.1 Å². The third-order valence-corrected chi connectivity index (χ3v) is 8.93. The van der Waals surface area contributed by atoms with Gasteiger partial charge in [-0.1, -0.05) is 0 Å². The van der Waals surface area contributed by atoms with Gasteiger partial charge in [0.2, 0.25) is 5.91 Å². The van der Waals surface area contributed by atoms with Gasteiger partial charge < -0.3 is 20.5 Å². The van der Waals surface area contributed by atoms with Crippen molar-refractivity contribution in [3.63, 3.8) is 0 Å². The highest BCUT2D eigenvalue weighted by atomic mass is 32.1. The Kier molecular flexibility index (Phi) is 7.03. The number of aromatic nitrogens is 2. The van der Waals surface area contributed by atoms with Crippen LogP contribution in [-0.4, -0.2) is 48.2 Å². The summed E-state index contributed by atoms with van der Waals surface area (Å²) in [6, 6.07) is 9.26. The van der Waals surface area contributed by atoms with Gasteiger partial charge in [0.05, 0.1) is 22.5 Å². The number of nitrogens with two attached hydrogens (primary N) is 1. The van der Waals surface area contributed by atoms with E-state index in [0.717, 1.165) is 17.1 Å². The van der Waals surface area contributed by atoms with Gasteiger partial charge in [0.25, 0.3) is 5.91 Å². The average Bonchev–Trinajstić information content (AvgIpc) is 3.62. The molecule has 1 aliphatic heterocycles. The van der Waals surface area contributed by atoms with Crippen LogP contribution in [-0.2, 0) is 10.2 Å². The number of nitrogens with zero attached hydrogens (tertiary/aromatic N) is 2. The maximum atomic E-state index is 14.7. The first kappa shape index (κ1) is 28.8. The zero-order chi connectivity index (χ0) is 30.7.